The van der Waals surface area contributed by atoms with Gasteiger partial charge < -0.3 is 5.32 Å². The van der Waals surface area contributed by atoms with Gasteiger partial charge in [0.15, 0.2) is 0 Å². The van der Waals surface area contributed by atoms with Gasteiger partial charge in [-0.1, -0.05) is 6.92 Å². The van der Waals surface area contributed by atoms with Gasteiger partial charge in [-0.15, -0.1) is 11.3 Å². The van der Waals surface area contributed by atoms with Crippen LogP contribution in [0.25, 0.3) is 0 Å². The van der Waals surface area contributed by atoms with E-state index in [4.69, 9.17) is 0 Å². The maximum Gasteiger partial charge on any atom is 0.107 e. The molecule has 1 aromatic rings. The molecule has 0 amide bonds. The fourth-order valence-corrected chi connectivity index (χ4v) is 2.85. The Kier molecular flexibility index (Phi) is 3.62. The summed E-state index contributed by atoms with van der Waals surface area (Å²) in [5.41, 5.74) is 0.276. The molecule has 1 N–H and O–H groups in total. The van der Waals surface area contributed by atoms with Gasteiger partial charge in [0, 0.05) is 36.2 Å². The molecule has 2 heterocycles. The largest absolute Gasteiger partial charge is 0.311 e. The number of hydrogen-bond donors (Lipinski definition) is 1. The van der Waals surface area contributed by atoms with Crippen molar-refractivity contribution in [2.24, 2.45) is 0 Å². The third kappa shape index (κ3) is 2.44. The maximum absolute atomic E-state index is 4.39. The molecule has 0 aliphatic carbocycles. The van der Waals surface area contributed by atoms with Crippen LogP contribution in [-0.2, 0) is 6.54 Å². The molecular formula is C12H21N3S. The molecule has 3 nitrogen and oxygen atoms in total. The molecule has 0 aromatic carbocycles. The standard InChI is InChI=1S/C12H21N3S/c1-4-12(3)9-14-10(2)7-15(12)8-11-13-5-6-16-11/h5-6,10,14H,4,7-9H2,1-3H3. The summed E-state index contributed by atoms with van der Waals surface area (Å²) in [6, 6.07) is 0.583. The Morgan fingerprint density at radius 3 is 3.12 bits per heavy atom. The average molecular weight is 239 g/mol. The van der Waals surface area contributed by atoms with Gasteiger partial charge in [-0.05, 0) is 20.3 Å². The summed E-state index contributed by atoms with van der Waals surface area (Å²) in [7, 11) is 0. The number of hydrogen-bond acceptors (Lipinski definition) is 4. The van der Waals surface area contributed by atoms with Crippen LogP contribution < -0.4 is 5.32 Å². The molecule has 16 heavy (non-hydrogen) atoms. The quantitative estimate of drug-likeness (QED) is 0.875. The van der Waals surface area contributed by atoms with Gasteiger partial charge in [0.05, 0.1) is 6.54 Å². The first-order valence-electron chi connectivity index (χ1n) is 6.01. The Hall–Kier alpha value is -0.450. The van der Waals surface area contributed by atoms with Crippen molar-refractivity contribution >= 4 is 11.3 Å². The Bertz CT molecular complexity index is 325. The van der Waals surface area contributed by atoms with E-state index in [1.54, 1.807) is 11.3 Å². The molecule has 1 aliphatic rings. The fourth-order valence-electron chi connectivity index (χ4n) is 2.22. The van der Waals surface area contributed by atoms with Gasteiger partial charge in [0.2, 0.25) is 0 Å². The highest BCUT2D eigenvalue weighted by molar-refractivity contribution is 7.09. The van der Waals surface area contributed by atoms with E-state index >= 15 is 0 Å². The number of nitrogens with zero attached hydrogens (tertiary/aromatic N) is 2. The Morgan fingerprint density at radius 2 is 2.50 bits per heavy atom. The van der Waals surface area contributed by atoms with Crippen molar-refractivity contribution < 1.29 is 0 Å². The summed E-state index contributed by atoms with van der Waals surface area (Å²) in [6.45, 7) is 10.1. The van der Waals surface area contributed by atoms with Crippen molar-refractivity contribution in [2.45, 2.75) is 45.3 Å². The molecule has 1 saturated heterocycles. The van der Waals surface area contributed by atoms with Crippen LogP contribution in [0.3, 0.4) is 0 Å². The van der Waals surface area contributed by atoms with Crippen molar-refractivity contribution in [3.05, 3.63) is 16.6 Å². The highest BCUT2D eigenvalue weighted by Crippen LogP contribution is 2.25. The van der Waals surface area contributed by atoms with Gasteiger partial charge in [-0.25, -0.2) is 4.98 Å². The summed E-state index contributed by atoms with van der Waals surface area (Å²) in [5, 5.41) is 6.86. The van der Waals surface area contributed by atoms with Crippen LogP contribution in [0, 0.1) is 0 Å². The lowest BCUT2D eigenvalue weighted by atomic mass is 9.92. The van der Waals surface area contributed by atoms with Crippen molar-refractivity contribution in [3.63, 3.8) is 0 Å². The Morgan fingerprint density at radius 1 is 1.69 bits per heavy atom. The molecular weight excluding hydrogens is 218 g/mol. The molecule has 0 spiro atoms. The topological polar surface area (TPSA) is 28.2 Å². The van der Waals surface area contributed by atoms with E-state index in [1.807, 2.05) is 6.20 Å². The molecule has 2 atom stereocenters. The van der Waals surface area contributed by atoms with Gasteiger partial charge >= 0.3 is 0 Å². The van der Waals surface area contributed by atoms with Gasteiger partial charge in [-0.3, -0.25) is 4.90 Å². The first-order valence-corrected chi connectivity index (χ1v) is 6.89. The number of thiazole rings is 1. The first kappa shape index (κ1) is 12.0. The van der Waals surface area contributed by atoms with Crippen LogP contribution in [0.15, 0.2) is 11.6 Å². The number of nitrogens with one attached hydrogen (secondary N) is 1. The van der Waals surface area contributed by atoms with Crippen LogP contribution in [-0.4, -0.2) is 34.6 Å². The third-order valence-electron chi connectivity index (χ3n) is 3.66. The lowest BCUT2D eigenvalue weighted by Crippen LogP contribution is -2.61. The molecule has 2 unspecified atom stereocenters. The van der Waals surface area contributed by atoms with Gasteiger partial charge in [-0.2, -0.15) is 0 Å². The Labute approximate surface area is 102 Å². The van der Waals surface area contributed by atoms with E-state index in [2.05, 4.69) is 41.4 Å². The SMILES string of the molecule is CCC1(C)CNC(C)CN1Cc1nccs1. The summed E-state index contributed by atoms with van der Waals surface area (Å²) in [4.78, 5) is 6.97. The van der Waals surface area contributed by atoms with E-state index in [0.717, 1.165) is 19.6 Å². The summed E-state index contributed by atoms with van der Waals surface area (Å²) >= 11 is 1.76. The van der Waals surface area contributed by atoms with E-state index < -0.39 is 0 Å². The molecule has 1 aromatic heterocycles. The zero-order valence-electron chi connectivity index (χ0n) is 10.4. The van der Waals surface area contributed by atoms with Crippen LogP contribution in [0.5, 0.6) is 0 Å². The monoisotopic (exact) mass is 239 g/mol. The smallest absolute Gasteiger partial charge is 0.107 e. The van der Waals surface area contributed by atoms with Crippen LogP contribution in [0.1, 0.15) is 32.2 Å². The maximum atomic E-state index is 4.39. The zero-order valence-corrected chi connectivity index (χ0v) is 11.2. The number of piperazine rings is 1. The minimum atomic E-state index is 0.276. The third-order valence-corrected chi connectivity index (χ3v) is 4.42. The molecule has 1 fully saturated rings. The average Bonchev–Trinajstić information content (AvgIpc) is 2.77. The van der Waals surface area contributed by atoms with E-state index in [-0.39, 0.29) is 5.54 Å². The van der Waals surface area contributed by atoms with Crippen molar-refractivity contribution in [1.82, 2.24) is 15.2 Å². The minimum absolute atomic E-state index is 0.276. The second-order valence-corrected chi connectivity index (χ2v) is 5.92. The predicted octanol–water partition coefficient (Wildman–Crippen LogP) is 2.11. The highest BCUT2D eigenvalue weighted by atomic mass is 32.1. The molecule has 0 radical (unpaired) electrons. The van der Waals surface area contributed by atoms with Gasteiger partial charge in [0.1, 0.15) is 5.01 Å². The van der Waals surface area contributed by atoms with Gasteiger partial charge in [0.25, 0.3) is 0 Å². The van der Waals surface area contributed by atoms with E-state index in [9.17, 15) is 0 Å². The molecule has 4 heteroatoms. The zero-order chi connectivity index (χ0) is 11.6. The number of rotatable bonds is 3. The second kappa shape index (κ2) is 4.82. The molecule has 2 rings (SSSR count). The second-order valence-electron chi connectivity index (χ2n) is 4.94. The fraction of sp³-hybridized carbons (Fsp3) is 0.750. The summed E-state index contributed by atoms with van der Waals surface area (Å²) in [6.07, 6.45) is 3.08. The summed E-state index contributed by atoms with van der Waals surface area (Å²) < 4.78 is 0. The predicted molar refractivity (Wildman–Crippen MR) is 68.7 cm³/mol. The lowest BCUT2D eigenvalue weighted by Gasteiger charge is -2.47. The normalized spacial score (nSPS) is 31.8. The van der Waals surface area contributed by atoms with Crippen molar-refractivity contribution in [2.75, 3.05) is 13.1 Å². The van der Waals surface area contributed by atoms with Crippen molar-refractivity contribution in [1.29, 1.82) is 0 Å². The molecule has 0 saturated carbocycles. The molecule has 1 aliphatic heterocycles. The lowest BCUT2D eigenvalue weighted by molar-refractivity contribution is 0.0452. The van der Waals surface area contributed by atoms with E-state index in [1.165, 1.54) is 11.4 Å². The minimum Gasteiger partial charge on any atom is -0.311 e. The van der Waals surface area contributed by atoms with Crippen LogP contribution in [0.2, 0.25) is 0 Å². The van der Waals surface area contributed by atoms with Crippen LogP contribution in [0.4, 0.5) is 0 Å². The summed E-state index contributed by atoms with van der Waals surface area (Å²) in [5.74, 6) is 0. The molecule has 0 bridgehead atoms. The molecule has 90 valence electrons. The highest BCUT2D eigenvalue weighted by Gasteiger charge is 2.35. The number of aromatic nitrogens is 1. The van der Waals surface area contributed by atoms with E-state index in [0.29, 0.717) is 6.04 Å². The Balaban J connectivity index is 2.09. The van der Waals surface area contributed by atoms with Crippen molar-refractivity contribution in [3.8, 4) is 0 Å². The first-order chi connectivity index (χ1) is 7.64. The van der Waals surface area contributed by atoms with Crippen LogP contribution >= 0.6 is 11.3 Å².